The van der Waals surface area contributed by atoms with Crippen LogP contribution in [0.1, 0.15) is 16.1 Å². The molecule has 0 aliphatic carbocycles. The average Bonchev–Trinajstić information content (AvgIpc) is 3.08. The number of benzene rings is 2. The second-order valence-corrected chi connectivity index (χ2v) is 6.02. The highest BCUT2D eigenvalue weighted by Crippen LogP contribution is 2.26. The number of amides is 1. The van der Waals surface area contributed by atoms with Crippen LogP contribution in [0, 0.1) is 17.1 Å². The van der Waals surface area contributed by atoms with E-state index in [1.54, 1.807) is 18.2 Å². The summed E-state index contributed by atoms with van der Waals surface area (Å²) in [5.74, 6) is -1.07. The minimum absolute atomic E-state index is 0.0794. The van der Waals surface area contributed by atoms with E-state index in [2.05, 4.69) is 4.98 Å². The number of anilines is 1. The first-order valence-electron chi connectivity index (χ1n) is 7.83. The molecule has 1 N–H and O–H groups in total. The summed E-state index contributed by atoms with van der Waals surface area (Å²) in [5.41, 5.74) is 1.19. The van der Waals surface area contributed by atoms with Crippen LogP contribution in [0.2, 0.25) is 5.02 Å². The largest absolute Gasteiger partial charge is 0.383 e. The molecular formula is C19H15ClFN3O2. The molecule has 1 heterocycles. The van der Waals surface area contributed by atoms with Gasteiger partial charge in [-0.25, -0.2) is 4.39 Å². The first kappa shape index (κ1) is 17.9. The lowest BCUT2D eigenvalue weighted by Gasteiger charge is -2.22. The number of hydrogen-bond acceptors (Lipinski definition) is 3. The van der Waals surface area contributed by atoms with Crippen LogP contribution in [-0.4, -0.2) is 31.2 Å². The number of nitrogens with zero attached hydrogens (tertiary/aromatic N) is 2. The van der Waals surface area contributed by atoms with Gasteiger partial charge in [-0.2, -0.15) is 5.26 Å². The quantitative estimate of drug-likeness (QED) is 0.733. The maximum atomic E-state index is 14.4. The Kier molecular flexibility index (Phi) is 5.21. The fourth-order valence-corrected chi connectivity index (χ4v) is 2.92. The van der Waals surface area contributed by atoms with Gasteiger partial charge in [0.15, 0.2) is 0 Å². The van der Waals surface area contributed by atoms with Crippen LogP contribution in [0.4, 0.5) is 10.1 Å². The SMILES string of the molecule is COCCN(C(=O)c1cc2cccc(Cl)c2[nH]1)c1ccc(C#N)cc1F. The summed E-state index contributed by atoms with van der Waals surface area (Å²) in [4.78, 5) is 17.3. The van der Waals surface area contributed by atoms with Crippen molar-refractivity contribution in [2.45, 2.75) is 0 Å². The molecule has 0 aliphatic rings. The Morgan fingerprint density at radius 1 is 1.35 bits per heavy atom. The lowest BCUT2D eigenvalue weighted by Crippen LogP contribution is -2.34. The molecule has 1 aromatic heterocycles. The summed E-state index contributed by atoms with van der Waals surface area (Å²) in [6.45, 7) is 0.382. The van der Waals surface area contributed by atoms with Crippen molar-refractivity contribution in [1.82, 2.24) is 4.98 Å². The molecule has 0 unspecified atom stereocenters. The van der Waals surface area contributed by atoms with Crippen LogP contribution in [0.3, 0.4) is 0 Å². The van der Waals surface area contributed by atoms with E-state index >= 15 is 0 Å². The highest BCUT2D eigenvalue weighted by atomic mass is 35.5. The van der Waals surface area contributed by atoms with E-state index < -0.39 is 11.7 Å². The van der Waals surface area contributed by atoms with Crippen molar-refractivity contribution in [3.63, 3.8) is 0 Å². The Morgan fingerprint density at radius 2 is 2.15 bits per heavy atom. The Hall–Kier alpha value is -2.88. The third kappa shape index (κ3) is 3.40. The van der Waals surface area contributed by atoms with Gasteiger partial charge in [-0.3, -0.25) is 4.79 Å². The van der Waals surface area contributed by atoms with Gasteiger partial charge in [0.2, 0.25) is 0 Å². The minimum atomic E-state index is -0.650. The Labute approximate surface area is 154 Å². The normalized spacial score (nSPS) is 10.7. The Balaban J connectivity index is 2.02. The standard InChI is InChI=1S/C19H15ClFN3O2/c1-26-8-7-24(17-6-5-12(11-22)9-15(17)21)19(25)16-10-13-3-2-4-14(20)18(13)23-16/h2-6,9-10,23H,7-8H2,1H3. The van der Waals surface area contributed by atoms with Crippen molar-refractivity contribution in [2.24, 2.45) is 0 Å². The maximum absolute atomic E-state index is 14.4. The number of carbonyl (C=O) groups excluding carboxylic acids is 1. The van der Waals surface area contributed by atoms with Gasteiger partial charge in [0.1, 0.15) is 11.5 Å². The zero-order valence-electron chi connectivity index (χ0n) is 13.9. The highest BCUT2D eigenvalue weighted by molar-refractivity contribution is 6.35. The number of aromatic nitrogens is 1. The lowest BCUT2D eigenvalue weighted by atomic mass is 10.2. The van der Waals surface area contributed by atoms with Crippen molar-refractivity contribution < 1.29 is 13.9 Å². The van der Waals surface area contributed by atoms with E-state index in [0.29, 0.717) is 10.5 Å². The Morgan fingerprint density at radius 3 is 2.81 bits per heavy atom. The zero-order valence-corrected chi connectivity index (χ0v) is 14.7. The van der Waals surface area contributed by atoms with Crippen LogP contribution in [0.5, 0.6) is 0 Å². The number of nitrogens with one attached hydrogen (secondary N) is 1. The van der Waals surface area contributed by atoms with E-state index in [4.69, 9.17) is 21.6 Å². The monoisotopic (exact) mass is 371 g/mol. The summed E-state index contributed by atoms with van der Waals surface area (Å²) in [6, 6.07) is 12.9. The van der Waals surface area contributed by atoms with Crippen molar-refractivity contribution in [3.8, 4) is 6.07 Å². The number of carbonyl (C=O) groups is 1. The second kappa shape index (κ2) is 7.56. The highest BCUT2D eigenvalue weighted by Gasteiger charge is 2.22. The molecule has 0 spiro atoms. The lowest BCUT2D eigenvalue weighted by molar-refractivity contribution is 0.0971. The van der Waals surface area contributed by atoms with Crippen molar-refractivity contribution in [2.75, 3.05) is 25.2 Å². The molecule has 0 radical (unpaired) electrons. The van der Waals surface area contributed by atoms with Gasteiger partial charge in [-0.15, -0.1) is 0 Å². The van der Waals surface area contributed by atoms with E-state index in [1.807, 2.05) is 12.1 Å². The van der Waals surface area contributed by atoms with Crippen LogP contribution in [0.15, 0.2) is 42.5 Å². The van der Waals surface area contributed by atoms with E-state index in [0.717, 1.165) is 11.5 Å². The van der Waals surface area contributed by atoms with Crippen molar-refractivity contribution in [3.05, 3.63) is 64.6 Å². The van der Waals surface area contributed by atoms with Crippen molar-refractivity contribution >= 4 is 34.1 Å². The van der Waals surface area contributed by atoms with E-state index in [9.17, 15) is 9.18 Å². The molecule has 0 atom stereocenters. The van der Waals surface area contributed by atoms with Gasteiger partial charge in [0, 0.05) is 19.0 Å². The zero-order chi connectivity index (χ0) is 18.7. The number of para-hydroxylation sites is 1. The number of ether oxygens (including phenoxy) is 1. The summed E-state index contributed by atoms with van der Waals surface area (Å²) in [5, 5.41) is 10.2. The summed E-state index contributed by atoms with van der Waals surface area (Å²) < 4.78 is 19.5. The van der Waals surface area contributed by atoms with Crippen molar-refractivity contribution in [1.29, 1.82) is 5.26 Å². The van der Waals surface area contributed by atoms with Gasteiger partial charge in [0.05, 0.1) is 34.5 Å². The first-order chi connectivity index (χ1) is 12.5. The van der Waals surface area contributed by atoms with Gasteiger partial charge in [0.25, 0.3) is 5.91 Å². The van der Waals surface area contributed by atoms with E-state index in [-0.39, 0.29) is 30.1 Å². The number of fused-ring (bicyclic) bond motifs is 1. The fraction of sp³-hybridized carbons (Fsp3) is 0.158. The molecule has 0 aliphatic heterocycles. The molecule has 1 amide bonds. The molecular weight excluding hydrogens is 357 g/mol. The van der Waals surface area contributed by atoms with Gasteiger partial charge in [-0.1, -0.05) is 23.7 Å². The topological polar surface area (TPSA) is 69.1 Å². The van der Waals surface area contributed by atoms with Gasteiger partial charge < -0.3 is 14.6 Å². The molecule has 0 bridgehead atoms. The number of halogens is 2. The van der Waals surface area contributed by atoms with E-state index in [1.165, 1.54) is 24.1 Å². The summed E-state index contributed by atoms with van der Waals surface area (Å²) in [7, 11) is 1.50. The average molecular weight is 372 g/mol. The maximum Gasteiger partial charge on any atom is 0.274 e. The van der Waals surface area contributed by atoms with Crippen LogP contribution < -0.4 is 4.90 Å². The summed E-state index contributed by atoms with van der Waals surface area (Å²) in [6.07, 6.45) is 0. The second-order valence-electron chi connectivity index (χ2n) is 5.61. The number of H-pyrrole nitrogens is 1. The number of hydrogen-bond donors (Lipinski definition) is 1. The number of methoxy groups -OCH3 is 1. The minimum Gasteiger partial charge on any atom is -0.383 e. The number of aromatic amines is 1. The van der Waals surface area contributed by atoms with Gasteiger partial charge >= 0.3 is 0 Å². The number of rotatable bonds is 5. The molecule has 2 aromatic carbocycles. The molecule has 7 heteroatoms. The predicted molar refractivity (Wildman–Crippen MR) is 98.0 cm³/mol. The van der Waals surface area contributed by atoms with Gasteiger partial charge in [-0.05, 0) is 30.3 Å². The molecule has 132 valence electrons. The molecule has 5 nitrogen and oxygen atoms in total. The molecule has 0 saturated carbocycles. The fourth-order valence-electron chi connectivity index (χ4n) is 2.69. The third-order valence-corrected chi connectivity index (χ3v) is 4.28. The third-order valence-electron chi connectivity index (χ3n) is 3.97. The Bertz CT molecular complexity index is 1010. The first-order valence-corrected chi connectivity index (χ1v) is 8.20. The molecule has 0 fully saturated rings. The van der Waals surface area contributed by atoms with Crippen LogP contribution >= 0.6 is 11.6 Å². The molecule has 3 rings (SSSR count). The summed E-state index contributed by atoms with van der Waals surface area (Å²) >= 11 is 6.15. The van der Waals surface area contributed by atoms with Crippen LogP contribution in [0.25, 0.3) is 10.9 Å². The predicted octanol–water partition coefficient (Wildman–Crippen LogP) is 4.13. The molecule has 3 aromatic rings. The number of nitriles is 1. The smallest absolute Gasteiger partial charge is 0.274 e. The van der Waals surface area contributed by atoms with Crippen LogP contribution in [-0.2, 0) is 4.74 Å². The molecule has 26 heavy (non-hydrogen) atoms. The molecule has 0 saturated heterocycles.